The largest absolute Gasteiger partial charge is 0.496 e. The van der Waals surface area contributed by atoms with Crippen LogP contribution in [0.4, 0.5) is 4.39 Å². The molecule has 1 atom stereocenters. The number of hydrogen-bond donors (Lipinski definition) is 1. The number of benzene rings is 2. The molecule has 0 radical (unpaired) electrons. The lowest BCUT2D eigenvalue weighted by molar-refractivity contribution is 0.0914. The van der Waals surface area contributed by atoms with Crippen molar-refractivity contribution in [2.24, 2.45) is 0 Å². The van der Waals surface area contributed by atoms with Gasteiger partial charge in [-0.2, -0.15) is 0 Å². The first kappa shape index (κ1) is 15.3. The smallest absolute Gasteiger partial charge is 0.133 e. The van der Waals surface area contributed by atoms with Gasteiger partial charge in [-0.05, 0) is 38.1 Å². The summed E-state index contributed by atoms with van der Waals surface area (Å²) in [6, 6.07) is 9.87. The first-order valence-corrected chi connectivity index (χ1v) is 6.62. The summed E-state index contributed by atoms with van der Waals surface area (Å²) in [5.74, 6) is 0.266. The predicted molar refractivity (Wildman–Crippen MR) is 79.4 cm³/mol. The topological polar surface area (TPSA) is 38.7 Å². The van der Waals surface area contributed by atoms with E-state index in [0.717, 1.165) is 5.56 Å². The van der Waals surface area contributed by atoms with E-state index in [1.807, 2.05) is 13.0 Å². The number of rotatable bonds is 4. The van der Waals surface area contributed by atoms with E-state index in [1.54, 1.807) is 24.3 Å². The van der Waals surface area contributed by atoms with Crippen LogP contribution in [0.5, 0.6) is 11.5 Å². The molecule has 0 heterocycles. The highest BCUT2D eigenvalue weighted by Crippen LogP contribution is 2.41. The predicted octanol–water partition coefficient (Wildman–Crippen LogP) is 3.41. The maximum atomic E-state index is 14.3. The third-order valence-corrected chi connectivity index (χ3v) is 3.56. The Morgan fingerprint density at radius 1 is 1.05 bits per heavy atom. The molecule has 3 nitrogen and oxygen atoms in total. The van der Waals surface area contributed by atoms with Crippen molar-refractivity contribution >= 4 is 0 Å². The van der Waals surface area contributed by atoms with Crippen LogP contribution in [0, 0.1) is 12.7 Å². The van der Waals surface area contributed by atoms with Crippen LogP contribution in [-0.2, 0) is 5.60 Å². The Hall–Kier alpha value is -2.07. The number of aliphatic hydroxyl groups is 1. The molecule has 1 N–H and O–H groups in total. The van der Waals surface area contributed by atoms with E-state index in [-0.39, 0.29) is 5.56 Å². The zero-order chi connectivity index (χ0) is 15.6. The summed E-state index contributed by atoms with van der Waals surface area (Å²) in [5.41, 5.74) is -0.0418. The monoisotopic (exact) mass is 290 g/mol. The molecule has 0 spiro atoms. The van der Waals surface area contributed by atoms with Crippen LogP contribution in [0.25, 0.3) is 0 Å². The summed E-state index contributed by atoms with van der Waals surface area (Å²) in [5, 5.41) is 11.0. The fraction of sp³-hybridized carbons (Fsp3) is 0.294. The van der Waals surface area contributed by atoms with E-state index >= 15 is 0 Å². The summed E-state index contributed by atoms with van der Waals surface area (Å²) >= 11 is 0. The van der Waals surface area contributed by atoms with Gasteiger partial charge < -0.3 is 14.6 Å². The lowest BCUT2D eigenvalue weighted by Gasteiger charge is -2.28. The van der Waals surface area contributed by atoms with E-state index < -0.39 is 11.4 Å². The van der Waals surface area contributed by atoms with Crippen molar-refractivity contribution in [1.82, 2.24) is 0 Å². The van der Waals surface area contributed by atoms with Gasteiger partial charge in [-0.3, -0.25) is 0 Å². The van der Waals surface area contributed by atoms with Crippen LogP contribution < -0.4 is 9.47 Å². The fourth-order valence-electron chi connectivity index (χ4n) is 2.48. The molecule has 2 aromatic rings. The average Bonchev–Trinajstić information content (AvgIpc) is 2.46. The van der Waals surface area contributed by atoms with Gasteiger partial charge in [0.25, 0.3) is 0 Å². The highest BCUT2D eigenvalue weighted by molar-refractivity contribution is 5.50. The number of hydrogen-bond acceptors (Lipinski definition) is 3. The van der Waals surface area contributed by atoms with Gasteiger partial charge >= 0.3 is 0 Å². The van der Waals surface area contributed by atoms with E-state index in [2.05, 4.69) is 0 Å². The summed E-state index contributed by atoms with van der Waals surface area (Å²) in [4.78, 5) is 0. The lowest BCUT2D eigenvalue weighted by atomic mass is 9.85. The molecule has 2 aromatic carbocycles. The molecular formula is C17H19FO3. The molecule has 0 aliphatic heterocycles. The minimum Gasteiger partial charge on any atom is -0.496 e. The Bertz CT molecular complexity index is 650. The second-order valence-electron chi connectivity index (χ2n) is 5.09. The highest BCUT2D eigenvalue weighted by Gasteiger charge is 2.34. The molecule has 0 aliphatic rings. The van der Waals surface area contributed by atoms with Gasteiger partial charge in [-0.15, -0.1) is 0 Å². The molecule has 0 aromatic heterocycles. The van der Waals surface area contributed by atoms with Crippen molar-refractivity contribution in [3.05, 3.63) is 58.9 Å². The second-order valence-corrected chi connectivity index (χ2v) is 5.09. The van der Waals surface area contributed by atoms with Crippen LogP contribution in [-0.4, -0.2) is 19.3 Å². The van der Waals surface area contributed by atoms with Crippen LogP contribution in [0.15, 0.2) is 36.4 Å². The Labute approximate surface area is 124 Å². The lowest BCUT2D eigenvalue weighted by Crippen LogP contribution is -2.26. The minimum absolute atomic E-state index is 0.0939. The Morgan fingerprint density at radius 3 is 2.33 bits per heavy atom. The molecule has 4 heteroatoms. The molecule has 21 heavy (non-hydrogen) atoms. The fourth-order valence-corrected chi connectivity index (χ4v) is 2.48. The van der Waals surface area contributed by atoms with Crippen molar-refractivity contribution in [2.75, 3.05) is 14.2 Å². The van der Waals surface area contributed by atoms with Crippen molar-refractivity contribution in [1.29, 1.82) is 0 Å². The van der Waals surface area contributed by atoms with E-state index in [9.17, 15) is 9.50 Å². The van der Waals surface area contributed by atoms with Gasteiger partial charge in [0, 0.05) is 5.56 Å². The summed E-state index contributed by atoms with van der Waals surface area (Å²) in [6.07, 6.45) is 0. The zero-order valence-corrected chi connectivity index (χ0v) is 12.6. The Balaban J connectivity index is 2.70. The van der Waals surface area contributed by atoms with Gasteiger partial charge in [0.1, 0.15) is 22.9 Å². The maximum absolute atomic E-state index is 14.3. The van der Waals surface area contributed by atoms with Crippen LogP contribution in [0.1, 0.15) is 23.6 Å². The number of ether oxygens (including phenoxy) is 2. The summed E-state index contributed by atoms with van der Waals surface area (Å²) < 4.78 is 24.8. The zero-order valence-electron chi connectivity index (χ0n) is 12.6. The van der Waals surface area contributed by atoms with E-state index in [0.29, 0.717) is 17.1 Å². The molecule has 0 amide bonds. The molecule has 1 unspecified atom stereocenters. The molecule has 112 valence electrons. The van der Waals surface area contributed by atoms with Crippen molar-refractivity contribution in [2.45, 2.75) is 19.4 Å². The molecule has 0 aliphatic carbocycles. The van der Waals surface area contributed by atoms with Crippen molar-refractivity contribution in [3.63, 3.8) is 0 Å². The van der Waals surface area contributed by atoms with Crippen LogP contribution in [0.2, 0.25) is 0 Å². The summed E-state index contributed by atoms with van der Waals surface area (Å²) in [6.45, 7) is 3.43. The van der Waals surface area contributed by atoms with Gasteiger partial charge in [-0.1, -0.05) is 17.7 Å². The molecule has 0 bridgehead atoms. The van der Waals surface area contributed by atoms with E-state index in [1.165, 1.54) is 27.2 Å². The van der Waals surface area contributed by atoms with Gasteiger partial charge in [0.15, 0.2) is 0 Å². The number of halogens is 1. The van der Waals surface area contributed by atoms with Crippen LogP contribution >= 0.6 is 0 Å². The average molecular weight is 290 g/mol. The SMILES string of the molecule is COc1ccc(C)cc1C(C)(O)c1c(F)cccc1OC. The first-order valence-electron chi connectivity index (χ1n) is 6.62. The van der Waals surface area contributed by atoms with Gasteiger partial charge in [0.2, 0.25) is 0 Å². The highest BCUT2D eigenvalue weighted by atomic mass is 19.1. The van der Waals surface area contributed by atoms with Crippen molar-refractivity contribution in [3.8, 4) is 11.5 Å². The van der Waals surface area contributed by atoms with Gasteiger partial charge in [-0.25, -0.2) is 4.39 Å². The molecular weight excluding hydrogens is 271 g/mol. The first-order chi connectivity index (χ1) is 9.91. The third-order valence-electron chi connectivity index (χ3n) is 3.56. The second kappa shape index (κ2) is 5.74. The normalized spacial score (nSPS) is 13.6. The number of aryl methyl sites for hydroxylation is 1. The maximum Gasteiger partial charge on any atom is 0.133 e. The van der Waals surface area contributed by atoms with Gasteiger partial charge in [0.05, 0.1) is 19.8 Å². The third kappa shape index (κ3) is 2.72. The Morgan fingerprint density at radius 2 is 1.71 bits per heavy atom. The molecule has 0 saturated heterocycles. The number of methoxy groups -OCH3 is 2. The van der Waals surface area contributed by atoms with Crippen LogP contribution in [0.3, 0.4) is 0 Å². The standard InChI is InChI=1S/C17H19FO3/c1-11-8-9-14(20-3)12(10-11)17(2,19)16-13(18)6-5-7-15(16)21-4/h5-10,19H,1-4H3. The minimum atomic E-state index is -1.58. The molecule has 0 saturated carbocycles. The van der Waals surface area contributed by atoms with E-state index in [4.69, 9.17) is 9.47 Å². The molecule has 0 fully saturated rings. The summed E-state index contributed by atoms with van der Waals surface area (Å²) in [7, 11) is 2.96. The molecule has 2 rings (SSSR count). The Kier molecular flexibility index (Phi) is 4.19. The van der Waals surface area contributed by atoms with Crippen molar-refractivity contribution < 1.29 is 19.0 Å². The quantitative estimate of drug-likeness (QED) is 0.938.